The predicted molar refractivity (Wildman–Crippen MR) is 133 cm³/mol. The van der Waals surface area contributed by atoms with Gasteiger partial charge in [-0.05, 0) is 70.8 Å². The van der Waals surface area contributed by atoms with Crippen LogP contribution in [0.1, 0.15) is 44.5 Å². The van der Waals surface area contributed by atoms with Crippen molar-refractivity contribution in [1.29, 1.82) is 0 Å². The van der Waals surface area contributed by atoms with E-state index in [1.807, 2.05) is 0 Å². The van der Waals surface area contributed by atoms with E-state index in [2.05, 4.69) is 31.9 Å². The van der Waals surface area contributed by atoms with Crippen LogP contribution in [0.5, 0.6) is 0 Å². The summed E-state index contributed by atoms with van der Waals surface area (Å²) in [5, 5.41) is 0. The number of alkyl halides is 12. The fraction of sp³-hybridized carbons (Fsp3) is 0.154. The van der Waals surface area contributed by atoms with Crippen LogP contribution in [0, 0.1) is 0 Å². The van der Waals surface area contributed by atoms with Gasteiger partial charge in [-0.25, -0.2) is 0 Å². The van der Waals surface area contributed by atoms with Gasteiger partial charge in [-0.15, -0.1) is 0 Å². The SMILES string of the molecule is FC(F)(F)c1cc(/C=C/c2cc(Br)c(/C=C/c3cc(C(F)(F)F)cc(C(F)(F)F)c3)cc2Br)cc(C(F)(F)F)c1. The van der Waals surface area contributed by atoms with Gasteiger partial charge < -0.3 is 0 Å². The molecule has 14 heteroatoms. The van der Waals surface area contributed by atoms with E-state index in [4.69, 9.17) is 0 Å². The summed E-state index contributed by atoms with van der Waals surface area (Å²) >= 11 is 6.37. The van der Waals surface area contributed by atoms with Crippen LogP contribution in [0.25, 0.3) is 24.3 Å². The molecule has 0 saturated heterocycles. The summed E-state index contributed by atoms with van der Waals surface area (Å²) in [7, 11) is 0. The normalized spacial score (nSPS) is 13.6. The summed E-state index contributed by atoms with van der Waals surface area (Å²) in [5.74, 6) is 0. The fourth-order valence-electron chi connectivity index (χ4n) is 3.36. The molecular formula is C26H12Br2F12. The molecule has 0 aliphatic rings. The van der Waals surface area contributed by atoms with Gasteiger partial charge in [0.2, 0.25) is 0 Å². The topological polar surface area (TPSA) is 0 Å². The number of halogens is 14. The van der Waals surface area contributed by atoms with Crippen LogP contribution >= 0.6 is 31.9 Å². The lowest BCUT2D eigenvalue weighted by Crippen LogP contribution is -2.11. The van der Waals surface area contributed by atoms with Crippen molar-refractivity contribution < 1.29 is 52.7 Å². The molecule has 40 heavy (non-hydrogen) atoms. The van der Waals surface area contributed by atoms with E-state index in [1.165, 1.54) is 24.3 Å². The Kier molecular flexibility index (Phi) is 8.95. The van der Waals surface area contributed by atoms with Gasteiger partial charge in [0.05, 0.1) is 22.3 Å². The van der Waals surface area contributed by atoms with Crippen LogP contribution in [-0.2, 0) is 24.7 Å². The van der Waals surface area contributed by atoms with Gasteiger partial charge in [0.25, 0.3) is 0 Å². The van der Waals surface area contributed by atoms with Crippen molar-refractivity contribution in [2.45, 2.75) is 24.7 Å². The monoisotopic (exact) mass is 710 g/mol. The standard InChI is InChI=1S/C26H12Br2F12/c27-21-10-16(4-2-14-7-19(25(35,36)37)12-20(8-14)26(38,39)40)22(28)9-15(21)3-1-13-5-17(23(29,30)31)11-18(6-13)24(32,33)34/h1-12H/b3-1+,4-2+. The number of hydrogen-bond donors (Lipinski definition) is 0. The van der Waals surface area contributed by atoms with Crippen molar-refractivity contribution in [1.82, 2.24) is 0 Å². The van der Waals surface area contributed by atoms with E-state index in [1.54, 1.807) is 0 Å². The number of benzene rings is 3. The van der Waals surface area contributed by atoms with Crippen LogP contribution in [0.15, 0.2) is 57.5 Å². The highest BCUT2D eigenvalue weighted by Gasteiger charge is 2.37. The molecule has 0 bridgehead atoms. The highest BCUT2D eigenvalue weighted by Crippen LogP contribution is 2.38. The van der Waals surface area contributed by atoms with E-state index in [9.17, 15) is 52.7 Å². The number of rotatable bonds is 4. The van der Waals surface area contributed by atoms with Crippen LogP contribution < -0.4 is 0 Å². The Labute approximate surface area is 235 Å². The largest absolute Gasteiger partial charge is 0.416 e. The zero-order valence-corrected chi connectivity index (χ0v) is 22.4. The summed E-state index contributed by atoms with van der Waals surface area (Å²) in [4.78, 5) is 0. The molecule has 0 fully saturated rings. The van der Waals surface area contributed by atoms with Crippen LogP contribution in [0.3, 0.4) is 0 Å². The third kappa shape index (κ3) is 8.15. The summed E-state index contributed by atoms with van der Waals surface area (Å²) in [5.41, 5.74) is -6.19. The Morgan fingerprint density at radius 1 is 0.375 bits per heavy atom. The van der Waals surface area contributed by atoms with Crippen molar-refractivity contribution in [3.63, 3.8) is 0 Å². The maximum absolute atomic E-state index is 13.1. The van der Waals surface area contributed by atoms with Crippen molar-refractivity contribution in [3.05, 3.63) is 102 Å². The Bertz CT molecular complexity index is 1280. The summed E-state index contributed by atoms with van der Waals surface area (Å²) in [6, 6.07) is 4.93. The van der Waals surface area contributed by atoms with Crippen LogP contribution in [0.2, 0.25) is 0 Å². The van der Waals surface area contributed by atoms with Crippen LogP contribution in [0.4, 0.5) is 52.7 Å². The zero-order chi connectivity index (χ0) is 30.3. The molecule has 0 heterocycles. The van der Waals surface area contributed by atoms with Gasteiger partial charge in [-0.1, -0.05) is 56.2 Å². The molecular weight excluding hydrogens is 700 g/mol. The van der Waals surface area contributed by atoms with Gasteiger partial charge in [0, 0.05) is 8.95 Å². The predicted octanol–water partition coefficient (Wildman–Crippen LogP) is 11.6. The first kappa shape index (κ1) is 31.8. The molecule has 0 N–H and O–H groups in total. The fourth-order valence-corrected chi connectivity index (χ4v) is 4.34. The molecule has 0 amide bonds. The van der Waals surface area contributed by atoms with Gasteiger partial charge in [0.1, 0.15) is 0 Å². The molecule has 0 aliphatic carbocycles. The first-order chi connectivity index (χ1) is 18.1. The molecule has 0 unspecified atom stereocenters. The molecule has 0 radical (unpaired) electrons. The molecule has 0 atom stereocenters. The number of hydrogen-bond acceptors (Lipinski definition) is 0. The van der Waals surface area contributed by atoms with Gasteiger partial charge in [0.15, 0.2) is 0 Å². The highest BCUT2D eigenvalue weighted by molar-refractivity contribution is 9.11. The van der Waals surface area contributed by atoms with Crippen LogP contribution in [-0.4, -0.2) is 0 Å². The second-order valence-electron chi connectivity index (χ2n) is 8.24. The molecule has 3 aromatic carbocycles. The molecule has 214 valence electrons. The maximum Gasteiger partial charge on any atom is 0.416 e. The summed E-state index contributed by atoms with van der Waals surface area (Å²) in [6.07, 6.45) is -15.6. The van der Waals surface area contributed by atoms with E-state index in [0.717, 1.165) is 12.2 Å². The van der Waals surface area contributed by atoms with Gasteiger partial charge in [-0.3, -0.25) is 0 Å². The smallest absolute Gasteiger partial charge is 0.166 e. The van der Waals surface area contributed by atoms with E-state index in [0.29, 0.717) is 24.3 Å². The average molecular weight is 712 g/mol. The van der Waals surface area contributed by atoms with Gasteiger partial charge >= 0.3 is 24.7 Å². The molecule has 0 aromatic heterocycles. The minimum Gasteiger partial charge on any atom is -0.166 e. The lowest BCUT2D eigenvalue weighted by molar-refractivity contribution is -0.144. The molecule has 0 nitrogen and oxygen atoms in total. The summed E-state index contributed by atoms with van der Waals surface area (Å²) in [6.45, 7) is 0. The Balaban J connectivity index is 1.97. The zero-order valence-electron chi connectivity index (χ0n) is 19.2. The average Bonchev–Trinajstić information content (AvgIpc) is 2.81. The second-order valence-corrected chi connectivity index (χ2v) is 9.95. The molecule has 0 saturated carbocycles. The second kappa shape index (κ2) is 11.3. The van der Waals surface area contributed by atoms with Crippen molar-refractivity contribution in [3.8, 4) is 0 Å². The quantitative estimate of drug-likeness (QED) is 0.187. The summed E-state index contributed by atoms with van der Waals surface area (Å²) < 4.78 is 158. The lowest BCUT2D eigenvalue weighted by atomic mass is 10.0. The highest BCUT2D eigenvalue weighted by atomic mass is 79.9. The molecule has 3 aromatic rings. The first-order valence-electron chi connectivity index (χ1n) is 10.6. The molecule has 0 spiro atoms. The minimum absolute atomic E-state index is 0.00691. The maximum atomic E-state index is 13.1. The Morgan fingerprint density at radius 3 is 0.850 bits per heavy atom. The first-order valence-corrected chi connectivity index (χ1v) is 12.2. The van der Waals surface area contributed by atoms with E-state index in [-0.39, 0.29) is 43.3 Å². The Morgan fingerprint density at radius 2 is 0.625 bits per heavy atom. The van der Waals surface area contributed by atoms with E-state index < -0.39 is 47.0 Å². The molecule has 3 rings (SSSR count). The molecule has 0 aliphatic heterocycles. The van der Waals surface area contributed by atoms with Gasteiger partial charge in [-0.2, -0.15) is 52.7 Å². The van der Waals surface area contributed by atoms with E-state index >= 15 is 0 Å². The van der Waals surface area contributed by atoms with Crippen molar-refractivity contribution in [2.75, 3.05) is 0 Å². The van der Waals surface area contributed by atoms with Crippen molar-refractivity contribution >= 4 is 56.2 Å². The van der Waals surface area contributed by atoms with Crippen molar-refractivity contribution in [2.24, 2.45) is 0 Å². The third-order valence-corrected chi connectivity index (χ3v) is 6.62. The Hall–Kier alpha value is -2.74. The minimum atomic E-state index is -5.03. The third-order valence-electron chi connectivity index (χ3n) is 5.25. The lowest BCUT2D eigenvalue weighted by Gasteiger charge is -2.13.